The molecule has 0 bridgehead atoms. The van der Waals surface area contributed by atoms with Gasteiger partial charge < -0.3 is 14.1 Å². The van der Waals surface area contributed by atoms with Crippen molar-refractivity contribution in [2.24, 2.45) is 0 Å². The molecule has 6 nitrogen and oxygen atoms in total. The molecule has 7 heteroatoms. The first-order valence-electron chi connectivity index (χ1n) is 9.38. The Hall–Kier alpha value is -2.67. The number of benzene rings is 1. The van der Waals surface area contributed by atoms with E-state index in [1.165, 1.54) is 4.70 Å². The zero-order chi connectivity index (χ0) is 19.7. The van der Waals surface area contributed by atoms with Gasteiger partial charge in [0.15, 0.2) is 6.61 Å². The van der Waals surface area contributed by atoms with Crippen LogP contribution >= 0.6 is 11.3 Å². The predicted octanol–water partition coefficient (Wildman–Crippen LogP) is 4.07. The summed E-state index contributed by atoms with van der Waals surface area (Å²) in [6.07, 6.45) is 1.93. The van der Waals surface area contributed by atoms with E-state index in [1.54, 1.807) is 36.2 Å². The number of carbonyl (C=O) groups excluding carboxylic acids is 2. The number of piperidine rings is 1. The number of likely N-dealkylation sites (tertiary alicyclic amines) is 1. The summed E-state index contributed by atoms with van der Waals surface area (Å²) in [7, 11) is 0. The lowest BCUT2D eigenvalue weighted by atomic mass is 9.99. The van der Waals surface area contributed by atoms with Crippen LogP contribution in [0, 0.1) is 13.8 Å². The molecule has 0 radical (unpaired) electrons. The lowest BCUT2D eigenvalue weighted by Crippen LogP contribution is -2.41. The largest absolute Gasteiger partial charge is 0.466 e. The fourth-order valence-electron chi connectivity index (χ4n) is 3.60. The Kier molecular flexibility index (Phi) is 5.17. The van der Waals surface area contributed by atoms with E-state index < -0.39 is 5.97 Å². The third-order valence-electron chi connectivity index (χ3n) is 5.02. The zero-order valence-corrected chi connectivity index (χ0v) is 16.8. The maximum Gasteiger partial charge on any atom is 0.342 e. The van der Waals surface area contributed by atoms with Crippen LogP contribution in [0.2, 0.25) is 0 Å². The highest BCUT2D eigenvalue weighted by Gasteiger charge is 2.27. The van der Waals surface area contributed by atoms with Gasteiger partial charge in [-0.2, -0.15) is 0 Å². The maximum atomic E-state index is 12.6. The quantitative estimate of drug-likeness (QED) is 0.620. The number of aryl methyl sites for hydroxylation is 2. The van der Waals surface area contributed by atoms with Gasteiger partial charge >= 0.3 is 5.97 Å². The molecule has 0 spiro atoms. The first-order valence-corrected chi connectivity index (χ1v) is 10.2. The molecule has 1 aliphatic rings. The van der Waals surface area contributed by atoms with E-state index in [9.17, 15) is 9.59 Å². The van der Waals surface area contributed by atoms with Gasteiger partial charge in [0.05, 0.1) is 15.2 Å². The lowest BCUT2D eigenvalue weighted by Gasteiger charge is -2.31. The standard InChI is InChI=1S/C21H22N2O4S/c1-13-10-16(14(2)27-13)21(25)26-12-19(24)23-9-5-6-15(11-23)20-22-17-7-3-4-8-18(17)28-20/h3-4,7-8,10,15H,5-6,9,11-12H2,1-2H3/t15-/m1/s1. The highest BCUT2D eigenvalue weighted by atomic mass is 32.1. The van der Waals surface area contributed by atoms with Crippen LogP contribution in [-0.4, -0.2) is 41.5 Å². The Morgan fingerprint density at radius 2 is 2.14 bits per heavy atom. The van der Waals surface area contributed by atoms with Gasteiger partial charge in [0.1, 0.15) is 17.1 Å². The summed E-state index contributed by atoms with van der Waals surface area (Å²) in [6.45, 7) is 4.51. The van der Waals surface area contributed by atoms with Crippen molar-refractivity contribution in [2.45, 2.75) is 32.6 Å². The third-order valence-corrected chi connectivity index (χ3v) is 6.22. The number of hydrogen-bond acceptors (Lipinski definition) is 6. The van der Waals surface area contributed by atoms with Crippen molar-refractivity contribution in [3.63, 3.8) is 0 Å². The molecule has 0 N–H and O–H groups in total. The first kappa shape index (κ1) is 18.7. The second-order valence-corrected chi connectivity index (χ2v) is 8.16. The first-order chi connectivity index (χ1) is 13.5. The predicted molar refractivity (Wildman–Crippen MR) is 107 cm³/mol. The maximum absolute atomic E-state index is 12.6. The van der Waals surface area contributed by atoms with Gasteiger partial charge in [0.2, 0.25) is 0 Å². The highest BCUT2D eigenvalue weighted by molar-refractivity contribution is 7.18. The Labute approximate surface area is 167 Å². The van der Waals surface area contributed by atoms with Gasteiger partial charge in [0, 0.05) is 19.0 Å². The number of furan rings is 1. The van der Waals surface area contributed by atoms with Crippen LogP contribution in [0.15, 0.2) is 34.7 Å². The molecule has 1 amide bonds. The minimum Gasteiger partial charge on any atom is -0.466 e. The monoisotopic (exact) mass is 398 g/mol. The van der Waals surface area contributed by atoms with Crippen molar-refractivity contribution < 1.29 is 18.7 Å². The summed E-state index contributed by atoms with van der Waals surface area (Å²) in [4.78, 5) is 31.3. The molecule has 1 atom stereocenters. The van der Waals surface area contributed by atoms with Crippen LogP contribution in [0.25, 0.3) is 10.2 Å². The van der Waals surface area contributed by atoms with E-state index in [1.807, 2.05) is 18.2 Å². The zero-order valence-electron chi connectivity index (χ0n) is 15.9. The van der Waals surface area contributed by atoms with Crippen molar-refractivity contribution in [3.05, 3.63) is 52.4 Å². The Morgan fingerprint density at radius 1 is 1.32 bits per heavy atom. The second-order valence-electron chi connectivity index (χ2n) is 7.10. The molecule has 1 fully saturated rings. The Balaban J connectivity index is 1.38. The Bertz CT molecular complexity index is 990. The third kappa shape index (κ3) is 3.80. The van der Waals surface area contributed by atoms with Crippen LogP contribution in [0.1, 0.15) is 45.6 Å². The smallest absolute Gasteiger partial charge is 0.342 e. The fraction of sp³-hybridized carbons (Fsp3) is 0.381. The molecule has 1 aromatic carbocycles. The van der Waals surface area contributed by atoms with Crippen molar-refractivity contribution in [2.75, 3.05) is 19.7 Å². The summed E-state index contributed by atoms with van der Waals surface area (Å²) in [6, 6.07) is 9.71. The van der Waals surface area contributed by atoms with Gasteiger partial charge in [-0.05, 0) is 44.9 Å². The molecule has 3 aromatic rings. The second kappa shape index (κ2) is 7.75. The van der Waals surface area contributed by atoms with Gasteiger partial charge in [-0.3, -0.25) is 4.79 Å². The summed E-state index contributed by atoms with van der Waals surface area (Å²) < 4.78 is 11.7. The van der Waals surface area contributed by atoms with E-state index in [-0.39, 0.29) is 18.4 Å². The molecule has 4 rings (SSSR count). The lowest BCUT2D eigenvalue weighted by molar-refractivity contribution is -0.135. The molecular formula is C21H22N2O4S. The van der Waals surface area contributed by atoms with Crippen LogP contribution in [0.3, 0.4) is 0 Å². The summed E-state index contributed by atoms with van der Waals surface area (Å²) in [5.41, 5.74) is 1.38. The van der Waals surface area contributed by atoms with Crippen molar-refractivity contribution >= 4 is 33.4 Å². The molecule has 3 heterocycles. The fourth-order valence-corrected chi connectivity index (χ4v) is 4.69. The molecule has 1 saturated heterocycles. The van der Waals surface area contributed by atoms with E-state index in [0.717, 1.165) is 23.4 Å². The van der Waals surface area contributed by atoms with Crippen LogP contribution in [0.5, 0.6) is 0 Å². The molecule has 28 heavy (non-hydrogen) atoms. The number of rotatable bonds is 4. The van der Waals surface area contributed by atoms with Crippen LogP contribution < -0.4 is 0 Å². The highest BCUT2D eigenvalue weighted by Crippen LogP contribution is 2.33. The number of thiazole rings is 1. The van der Waals surface area contributed by atoms with Gasteiger partial charge in [-0.15, -0.1) is 11.3 Å². The van der Waals surface area contributed by atoms with E-state index in [2.05, 4.69) is 6.07 Å². The van der Waals surface area contributed by atoms with Gasteiger partial charge in [0.25, 0.3) is 5.91 Å². The number of hydrogen-bond donors (Lipinski definition) is 0. The Morgan fingerprint density at radius 3 is 2.89 bits per heavy atom. The minimum atomic E-state index is -0.526. The van der Waals surface area contributed by atoms with Gasteiger partial charge in [-0.1, -0.05) is 12.1 Å². The molecule has 2 aromatic heterocycles. The summed E-state index contributed by atoms with van der Waals surface area (Å²) >= 11 is 1.69. The molecular weight excluding hydrogens is 376 g/mol. The minimum absolute atomic E-state index is 0.169. The number of aromatic nitrogens is 1. The van der Waals surface area contributed by atoms with E-state index in [0.29, 0.717) is 30.2 Å². The summed E-state index contributed by atoms with van der Waals surface area (Å²) in [5, 5.41) is 1.07. The topological polar surface area (TPSA) is 72.6 Å². The van der Waals surface area contributed by atoms with Crippen molar-refractivity contribution in [3.8, 4) is 0 Å². The van der Waals surface area contributed by atoms with E-state index in [4.69, 9.17) is 14.1 Å². The number of ether oxygens (including phenoxy) is 1. The number of amides is 1. The van der Waals surface area contributed by atoms with E-state index >= 15 is 0 Å². The average molecular weight is 398 g/mol. The molecule has 146 valence electrons. The number of esters is 1. The molecule has 0 saturated carbocycles. The van der Waals surface area contributed by atoms with Crippen LogP contribution in [-0.2, 0) is 9.53 Å². The van der Waals surface area contributed by atoms with Crippen LogP contribution in [0.4, 0.5) is 0 Å². The molecule has 0 unspecified atom stereocenters. The SMILES string of the molecule is Cc1cc(C(=O)OCC(=O)N2CCC[C@@H](c3nc4ccccc4s3)C2)c(C)o1. The van der Waals surface area contributed by atoms with Gasteiger partial charge in [-0.25, -0.2) is 9.78 Å². The number of fused-ring (bicyclic) bond motifs is 1. The van der Waals surface area contributed by atoms with Crippen molar-refractivity contribution in [1.82, 2.24) is 9.88 Å². The normalized spacial score (nSPS) is 17.1. The van der Waals surface area contributed by atoms with Crippen molar-refractivity contribution in [1.29, 1.82) is 0 Å². The number of carbonyl (C=O) groups is 2. The average Bonchev–Trinajstić information content (AvgIpc) is 3.28. The number of nitrogens with zero attached hydrogens (tertiary/aromatic N) is 2. The molecule has 1 aliphatic heterocycles. The summed E-state index contributed by atoms with van der Waals surface area (Å²) in [5.74, 6) is 0.679. The molecule has 0 aliphatic carbocycles. The number of para-hydroxylation sites is 1.